The molecule has 3 fully saturated rings. The van der Waals surface area contributed by atoms with E-state index in [4.69, 9.17) is 44.3 Å². The van der Waals surface area contributed by atoms with Crippen molar-refractivity contribution in [1.82, 2.24) is 16.0 Å². The molecule has 428 valence electrons. The number of aliphatic imine (C=N–C) groups is 2. The summed E-state index contributed by atoms with van der Waals surface area (Å²) < 4.78 is 0. The van der Waals surface area contributed by atoms with Gasteiger partial charge in [0.15, 0.2) is 11.9 Å². The second-order valence-electron chi connectivity index (χ2n) is 16.8. The summed E-state index contributed by atoms with van der Waals surface area (Å²) >= 11 is 0. The number of amidine groups is 1. The highest BCUT2D eigenvalue weighted by molar-refractivity contribution is 8.78. The van der Waals surface area contributed by atoms with E-state index in [1.54, 1.807) is 0 Å². The van der Waals surface area contributed by atoms with Gasteiger partial charge in [0, 0.05) is 71.8 Å². The van der Waals surface area contributed by atoms with Crippen molar-refractivity contribution in [2.45, 2.75) is 211 Å². The molecule has 0 aromatic rings. The molecule has 3 aliphatic rings. The van der Waals surface area contributed by atoms with Crippen molar-refractivity contribution in [2.75, 3.05) is 30.3 Å². The zero-order valence-corrected chi connectivity index (χ0v) is 44.7. The van der Waals surface area contributed by atoms with Crippen LogP contribution in [0.3, 0.4) is 0 Å². The van der Waals surface area contributed by atoms with Gasteiger partial charge < -0.3 is 59.9 Å². The minimum absolute atomic E-state index is 0. The first-order chi connectivity index (χ1) is 33.0. The van der Waals surface area contributed by atoms with Crippen molar-refractivity contribution >= 4 is 118 Å². The second-order valence-corrected chi connectivity index (χ2v) is 25.1. The van der Waals surface area contributed by atoms with E-state index in [0.29, 0.717) is 76.0 Å². The number of hydrogen-bond donors (Lipinski definition) is 12. The monoisotopic (exact) mass is 1150 g/mol. The summed E-state index contributed by atoms with van der Waals surface area (Å²) in [6.45, 7) is 0.649. The largest absolute Gasteiger partial charge is 0.480 e. The molecule has 73 heavy (non-hydrogen) atoms. The molecule has 26 heteroatoms. The number of nitrogens with one attached hydrogen (secondary N) is 4. The Balaban J connectivity index is -0.000000477. The molecule has 0 aliphatic carbocycles. The summed E-state index contributed by atoms with van der Waals surface area (Å²) in [5.74, 6) is 0.0582. The quantitative estimate of drug-likeness (QED) is 0.0126. The van der Waals surface area contributed by atoms with Gasteiger partial charge in [-0.1, -0.05) is 120 Å². The Kier molecular flexibility index (Phi) is 50.9. The van der Waals surface area contributed by atoms with Crippen molar-refractivity contribution in [1.29, 1.82) is 5.41 Å². The average Bonchev–Trinajstić information content (AvgIpc) is 4.12. The Morgan fingerprint density at radius 3 is 1.08 bits per heavy atom. The molecule has 0 aromatic heterocycles. The lowest BCUT2D eigenvalue weighted by Crippen LogP contribution is -2.41. The zero-order valence-electron chi connectivity index (χ0n) is 39.8. The smallest absolute Gasteiger partial charge is 0.326 e. The maximum Gasteiger partial charge on any atom is 0.326 e. The van der Waals surface area contributed by atoms with Gasteiger partial charge in [0.2, 0.25) is 17.7 Å². The first kappa shape index (κ1) is 76.4. The van der Waals surface area contributed by atoms with Gasteiger partial charge in [-0.3, -0.25) is 29.8 Å². The van der Waals surface area contributed by atoms with E-state index in [1.807, 2.05) is 64.8 Å². The Bertz CT molecular complexity index is 1580. The number of carbonyl (C=O) groups excluding carboxylic acids is 3. The zero-order chi connectivity index (χ0) is 51.2. The third-order valence-electron chi connectivity index (χ3n) is 10.7. The second kappa shape index (κ2) is 48.6. The van der Waals surface area contributed by atoms with E-state index in [2.05, 4.69) is 25.9 Å². The van der Waals surface area contributed by atoms with Gasteiger partial charge in [0.05, 0.1) is 5.84 Å². The van der Waals surface area contributed by atoms with Gasteiger partial charge >= 0.3 is 17.9 Å². The minimum atomic E-state index is -1.07. The molecule has 0 unspecified atom stereocenters. The molecule has 20 nitrogen and oxygen atoms in total. The maximum atomic E-state index is 11.9. The number of aliphatic carboxylic acids is 3. The molecule has 0 spiro atoms. The van der Waals surface area contributed by atoms with Crippen LogP contribution in [-0.2, 0) is 28.8 Å². The lowest BCUT2D eigenvalue weighted by atomic mass is 10.1. The first-order valence-corrected chi connectivity index (χ1v) is 31.0. The molecule has 3 amide bonds. The summed E-state index contributed by atoms with van der Waals surface area (Å²) in [7, 11) is 11.6. The van der Waals surface area contributed by atoms with Crippen LogP contribution in [-0.4, -0.2) is 133 Å². The molecule has 0 saturated carbocycles. The van der Waals surface area contributed by atoms with Crippen LogP contribution in [0.1, 0.15) is 177 Å². The number of nitrogens with zero attached hydrogens (tertiary/aromatic N) is 2. The molecule has 3 aliphatic heterocycles. The van der Waals surface area contributed by atoms with E-state index in [1.165, 1.54) is 36.5 Å². The van der Waals surface area contributed by atoms with Crippen LogP contribution in [0.5, 0.6) is 0 Å². The number of unbranched alkanes of at least 4 members (excludes halogenated alkanes) is 5. The summed E-state index contributed by atoms with van der Waals surface area (Å²) in [6.07, 6.45) is 17.8. The van der Waals surface area contributed by atoms with Gasteiger partial charge in [-0.05, 0) is 96.3 Å². The number of rotatable bonds is 34. The number of guanidine groups is 2. The number of carboxylic acid groups (broad SMARTS) is 3. The van der Waals surface area contributed by atoms with Gasteiger partial charge in [0.1, 0.15) is 18.1 Å². The molecule has 17 N–H and O–H groups in total. The lowest BCUT2D eigenvalue weighted by Gasteiger charge is -2.14. The average molecular weight is 1150 g/mol. The van der Waals surface area contributed by atoms with E-state index in [-0.39, 0.29) is 78.1 Å². The third-order valence-corrected chi connectivity index (χ3v) is 19.7. The minimum Gasteiger partial charge on any atom is -0.480 e. The van der Waals surface area contributed by atoms with Crippen LogP contribution in [0.25, 0.3) is 0 Å². The molecule has 3 rings (SSSR count). The summed E-state index contributed by atoms with van der Waals surface area (Å²) in [5, 5.41) is 44.4. The summed E-state index contributed by atoms with van der Waals surface area (Å²) in [4.78, 5) is 76.6. The molecular formula is C47H95N11O9S6. The van der Waals surface area contributed by atoms with Crippen molar-refractivity contribution in [3.8, 4) is 0 Å². The highest BCUT2D eigenvalue weighted by atomic mass is 33.1. The maximum absolute atomic E-state index is 11.9. The third kappa shape index (κ3) is 43.8. The molecular weight excluding hydrogens is 1050 g/mol. The van der Waals surface area contributed by atoms with Gasteiger partial charge in [-0.25, -0.2) is 14.4 Å². The van der Waals surface area contributed by atoms with Gasteiger partial charge in [-0.2, -0.15) is 0 Å². The molecule has 3 heterocycles. The summed E-state index contributed by atoms with van der Waals surface area (Å²) in [5.41, 5.74) is 26.1. The highest BCUT2D eigenvalue weighted by Gasteiger charge is 2.23. The predicted octanol–water partition coefficient (Wildman–Crippen LogP) is 7.96. The van der Waals surface area contributed by atoms with E-state index in [9.17, 15) is 33.9 Å². The Morgan fingerprint density at radius 2 is 0.781 bits per heavy atom. The highest BCUT2D eigenvalue weighted by Crippen LogP contribution is 2.41. The molecule has 3 saturated heterocycles. The lowest BCUT2D eigenvalue weighted by molar-refractivity contribution is -0.142. The standard InChI is InChI=1S/C15H28N4O3S2.C15H27N3O3S2.C13H24N4O3S2.4CH4/c16-15(17)18-9-4-3-6-12(14(21)22)19-13(20)7-2-1-5-11-8-10-23-24-11;16-13(17)7-3-2-6-12(15(20)21)18-14(19)8-4-1-5-11-9-10-22-23-11;14-13(15)16-7-5-10(12(19)20)17-11(18)4-2-1-3-9-6-8-21-22-9;;;;/h11-12H,1-10H2,(H,19,20)(H,21,22)(H4,16,17,18);11-12H,1-10H2,(H3,16,17)(H,18,19)(H,20,21);9-10H,1-8H2,(H,17,18)(H,19,20)(H4,14,15,16);4*1H4/t2*11-,12+;9-,10+;;;;/m111..../s1. The fourth-order valence-corrected chi connectivity index (χ4v) is 16.0. The van der Waals surface area contributed by atoms with Crippen LogP contribution < -0.4 is 44.6 Å². The molecule has 6 atom stereocenters. The molecule has 0 radical (unpaired) electrons. The Morgan fingerprint density at radius 1 is 0.466 bits per heavy atom. The number of carbonyl (C=O) groups is 6. The SMILES string of the molecule is C.C.C.C.N=C(N)CCCC[C@H](NC(=O)CCCC[C@@H]1CCSS1)C(=O)O.NC(N)=NCCCC[C@H](NC(=O)CCCC[C@@H]1CCSS1)C(=O)O.NC(N)=NCC[C@H](NC(=O)CCCC[C@@H]1CCSS1)C(=O)O. The van der Waals surface area contributed by atoms with Crippen molar-refractivity contribution in [3.63, 3.8) is 0 Å². The van der Waals surface area contributed by atoms with Crippen LogP contribution in [0, 0.1) is 5.41 Å². The van der Waals surface area contributed by atoms with Crippen LogP contribution in [0.15, 0.2) is 9.98 Å². The van der Waals surface area contributed by atoms with Crippen LogP contribution in [0.2, 0.25) is 0 Å². The number of hydrogen-bond acceptors (Lipinski definition) is 15. The number of carboxylic acids is 3. The van der Waals surface area contributed by atoms with E-state index in [0.717, 1.165) is 68.3 Å². The summed E-state index contributed by atoms with van der Waals surface area (Å²) in [6, 6.07) is -2.62. The Hall–Kier alpha value is -3.07. The van der Waals surface area contributed by atoms with Crippen molar-refractivity contribution < 1.29 is 44.1 Å². The first-order valence-electron chi connectivity index (χ1n) is 23.8. The number of nitrogens with two attached hydrogens (primary N) is 5. The topological polar surface area (TPSA) is 378 Å². The predicted molar refractivity (Wildman–Crippen MR) is 317 cm³/mol. The van der Waals surface area contributed by atoms with Gasteiger partial charge in [-0.15, -0.1) is 0 Å². The van der Waals surface area contributed by atoms with Gasteiger partial charge in [0.25, 0.3) is 0 Å². The van der Waals surface area contributed by atoms with Crippen LogP contribution in [0.4, 0.5) is 0 Å². The van der Waals surface area contributed by atoms with Crippen molar-refractivity contribution in [3.05, 3.63) is 0 Å². The molecule has 0 aromatic carbocycles. The fraction of sp³-hybridized carbons (Fsp3) is 0.809. The van der Waals surface area contributed by atoms with E-state index >= 15 is 0 Å². The molecule has 0 bridgehead atoms. The number of amides is 3. The Labute approximate surface area is 461 Å². The van der Waals surface area contributed by atoms with Crippen LogP contribution >= 0.6 is 64.8 Å². The fourth-order valence-electron chi connectivity index (χ4n) is 6.89. The van der Waals surface area contributed by atoms with Crippen molar-refractivity contribution in [2.24, 2.45) is 38.7 Å². The van der Waals surface area contributed by atoms with E-state index < -0.39 is 36.0 Å². The normalized spacial score (nSPS) is 17.4.